The van der Waals surface area contributed by atoms with Gasteiger partial charge < -0.3 is 15.8 Å². The Bertz CT molecular complexity index is 223. The number of nitrogens with zero attached hydrogens (tertiary/aromatic N) is 2. The Labute approximate surface area is 71.0 Å². The first-order chi connectivity index (χ1) is 5.86. The normalized spacial score (nSPS) is 9.50. The maximum Gasteiger partial charge on any atom is 0.316 e. The van der Waals surface area contributed by atoms with Crippen LogP contribution in [0.4, 0.5) is 5.69 Å². The molecule has 1 aromatic heterocycles. The van der Waals surface area contributed by atoms with Crippen LogP contribution < -0.4 is 15.8 Å². The molecule has 0 aliphatic carbocycles. The molecule has 3 N–H and O–H groups in total. The number of hydrogen-bond donors (Lipinski definition) is 2. The van der Waals surface area contributed by atoms with Gasteiger partial charge in [-0.1, -0.05) is 0 Å². The van der Waals surface area contributed by atoms with E-state index in [-0.39, 0.29) is 0 Å². The van der Waals surface area contributed by atoms with Crippen LogP contribution in [0.15, 0.2) is 12.4 Å². The van der Waals surface area contributed by atoms with Crippen molar-refractivity contribution in [1.82, 2.24) is 9.97 Å². The van der Waals surface area contributed by atoms with Gasteiger partial charge in [-0.3, -0.25) is 0 Å². The number of methoxy groups -OCH3 is 1. The number of anilines is 1. The topological polar surface area (TPSA) is 73.1 Å². The zero-order valence-corrected chi connectivity index (χ0v) is 6.95. The monoisotopic (exact) mass is 168 g/mol. The fourth-order valence-corrected chi connectivity index (χ4v) is 0.729. The van der Waals surface area contributed by atoms with E-state index in [0.717, 1.165) is 12.2 Å². The van der Waals surface area contributed by atoms with Crippen LogP contribution in [-0.4, -0.2) is 30.2 Å². The summed E-state index contributed by atoms with van der Waals surface area (Å²) in [7, 11) is 1.53. The highest BCUT2D eigenvalue weighted by molar-refractivity contribution is 5.38. The van der Waals surface area contributed by atoms with Gasteiger partial charge in [-0.05, 0) is 0 Å². The van der Waals surface area contributed by atoms with Gasteiger partial charge in [0, 0.05) is 13.1 Å². The Morgan fingerprint density at radius 2 is 2.17 bits per heavy atom. The van der Waals surface area contributed by atoms with Crippen molar-refractivity contribution < 1.29 is 4.74 Å². The predicted molar refractivity (Wildman–Crippen MR) is 46.1 cm³/mol. The van der Waals surface area contributed by atoms with Crippen molar-refractivity contribution in [1.29, 1.82) is 0 Å². The molecule has 0 aliphatic heterocycles. The van der Waals surface area contributed by atoms with E-state index in [0.29, 0.717) is 12.6 Å². The summed E-state index contributed by atoms with van der Waals surface area (Å²) in [6.45, 7) is 1.31. The van der Waals surface area contributed by atoms with Crippen LogP contribution in [0.25, 0.3) is 0 Å². The molecule has 1 aromatic rings. The summed E-state index contributed by atoms with van der Waals surface area (Å²) in [5.41, 5.74) is 6.15. The van der Waals surface area contributed by atoms with Crippen LogP contribution in [-0.2, 0) is 0 Å². The summed E-state index contributed by atoms with van der Waals surface area (Å²) in [6, 6.07) is 0.369. The minimum absolute atomic E-state index is 0.369. The first-order valence-electron chi connectivity index (χ1n) is 3.67. The first kappa shape index (κ1) is 8.73. The number of aromatic nitrogens is 2. The molecule has 0 bridgehead atoms. The van der Waals surface area contributed by atoms with Crippen LogP contribution in [0.5, 0.6) is 6.01 Å². The smallest absolute Gasteiger partial charge is 0.316 e. The minimum atomic E-state index is 0.369. The third-order valence-corrected chi connectivity index (χ3v) is 1.28. The molecule has 66 valence electrons. The number of rotatable bonds is 4. The summed E-state index contributed by atoms with van der Waals surface area (Å²) >= 11 is 0. The van der Waals surface area contributed by atoms with Gasteiger partial charge in [-0.2, -0.15) is 0 Å². The van der Waals surface area contributed by atoms with Crippen molar-refractivity contribution in [3.63, 3.8) is 0 Å². The van der Waals surface area contributed by atoms with Crippen LogP contribution >= 0.6 is 0 Å². The molecule has 0 aromatic carbocycles. The molecule has 0 saturated heterocycles. The average Bonchev–Trinajstić information content (AvgIpc) is 2.15. The summed E-state index contributed by atoms with van der Waals surface area (Å²) in [6.07, 6.45) is 3.31. The van der Waals surface area contributed by atoms with Crippen molar-refractivity contribution in [2.75, 3.05) is 25.5 Å². The van der Waals surface area contributed by atoms with Gasteiger partial charge in [-0.15, -0.1) is 0 Å². The van der Waals surface area contributed by atoms with Gasteiger partial charge >= 0.3 is 6.01 Å². The molecule has 5 heteroatoms. The van der Waals surface area contributed by atoms with E-state index < -0.39 is 0 Å². The predicted octanol–water partition coefficient (Wildman–Crippen LogP) is -0.144. The molecule has 0 saturated carbocycles. The van der Waals surface area contributed by atoms with Gasteiger partial charge in [0.15, 0.2) is 0 Å². The maximum atomic E-state index is 5.30. The Morgan fingerprint density at radius 1 is 1.50 bits per heavy atom. The quantitative estimate of drug-likeness (QED) is 0.654. The second kappa shape index (κ2) is 4.50. The molecule has 12 heavy (non-hydrogen) atoms. The Balaban J connectivity index is 2.53. The number of ether oxygens (including phenoxy) is 1. The molecule has 0 spiro atoms. The standard InChI is InChI=1S/C7H12N4O/c1-12-7-10-4-6(5-11-7)9-3-2-8/h4-5,9H,2-3,8H2,1H3. The number of nitrogens with one attached hydrogen (secondary N) is 1. The third-order valence-electron chi connectivity index (χ3n) is 1.28. The summed E-state index contributed by atoms with van der Waals surface area (Å²) in [5, 5.41) is 3.04. The molecule has 0 amide bonds. The fourth-order valence-electron chi connectivity index (χ4n) is 0.729. The second-order valence-electron chi connectivity index (χ2n) is 2.17. The Hall–Kier alpha value is -1.36. The molecule has 0 unspecified atom stereocenters. The first-order valence-corrected chi connectivity index (χ1v) is 3.67. The maximum absolute atomic E-state index is 5.30. The number of hydrogen-bond acceptors (Lipinski definition) is 5. The lowest BCUT2D eigenvalue weighted by molar-refractivity contribution is 0.380. The van der Waals surface area contributed by atoms with Gasteiger partial charge in [0.25, 0.3) is 0 Å². The summed E-state index contributed by atoms with van der Waals surface area (Å²) in [4.78, 5) is 7.83. The minimum Gasteiger partial charge on any atom is -0.467 e. The van der Waals surface area contributed by atoms with Gasteiger partial charge in [0.2, 0.25) is 0 Å². The van der Waals surface area contributed by atoms with Crippen LogP contribution in [0, 0.1) is 0 Å². The largest absolute Gasteiger partial charge is 0.467 e. The highest BCUT2D eigenvalue weighted by atomic mass is 16.5. The Kier molecular flexibility index (Phi) is 3.28. The average molecular weight is 168 g/mol. The zero-order chi connectivity index (χ0) is 8.81. The molecule has 0 aliphatic rings. The van der Waals surface area contributed by atoms with E-state index in [9.17, 15) is 0 Å². The lowest BCUT2D eigenvalue weighted by Gasteiger charge is -2.03. The molecular formula is C7H12N4O. The van der Waals surface area contributed by atoms with E-state index in [4.69, 9.17) is 10.5 Å². The lowest BCUT2D eigenvalue weighted by Crippen LogP contribution is -2.13. The van der Waals surface area contributed by atoms with E-state index >= 15 is 0 Å². The van der Waals surface area contributed by atoms with Crippen molar-refractivity contribution in [3.05, 3.63) is 12.4 Å². The SMILES string of the molecule is COc1ncc(NCCN)cn1. The van der Waals surface area contributed by atoms with E-state index in [1.807, 2.05) is 0 Å². The highest BCUT2D eigenvalue weighted by Crippen LogP contribution is 2.05. The van der Waals surface area contributed by atoms with Crippen molar-refractivity contribution in [3.8, 4) is 6.01 Å². The van der Waals surface area contributed by atoms with Gasteiger partial charge in [-0.25, -0.2) is 9.97 Å². The van der Waals surface area contributed by atoms with Crippen LogP contribution in [0.1, 0.15) is 0 Å². The molecule has 0 atom stereocenters. The van der Waals surface area contributed by atoms with Gasteiger partial charge in [0.05, 0.1) is 25.2 Å². The molecular weight excluding hydrogens is 156 g/mol. The number of nitrogens with two attached hydrogens (primary N) is 1. The fraction of sp³-hybridized carbons (Fsp3) is 0.429. The highest BCUT2D eigenvalue weighted by Gasteiger charge is 1.94. The van der Waals surface area contributed by atoms with Crippen molar-refractivity contribution in [2.24, 2.45) is 5.73 Å². The van der Waals surface area contributed by atoms with Crippen LogP contribution in [0.2, 0.25) is 0 Å². The third kappa shape index (κ3) is 2.35. The van der Waals surface area contributed by atoms with E-state index in [1.54, 1.807) is 12.4 Å². The van der Waals surface area contributed by atoms with E-state index in [1.165, 1.54) is 7.11 Å². The van der Waals surface area contributed by atoms with Crippen molar-refractivity contribution >= 4 is 5.69 Å². The van der Waals surface area contributed by atoms with Crippen molar-refractivity contribution in [2.45, 2.75) is 0 Å². The lowest BCUT2D eigenvalue weighted by atomic mass is 10.5. The molecule has 1 rings (SSSR count). The van der Waals surface area contributed by atoms with E-state index in [2.05, 4.69) is 15.3 Å². The molecule has 1 heterocycles. The zero-order valence-electron chi connectivity index (χ0n) is 6.95. The summed E-state index contributed by atoms with van der Waals surface area (Å²) in [5.74, 6) is 0. The molecule has 5 nitrogen and oxygen atoms in total. The molecule has 0 fully saturated rings. The molecule has 0 radical (unpaired) electrons. The second-order valence-corrected chi connectivity index (χ2v) is 2.17. The Morgan fingerprint density at radius 3 is 2.67 bits per heavy atom. The summed E-state index contributed by atoms with van der Waals surface area (Å²) < 4.78 is 4.80. The van der Waals surface area contributed by atoms with Gasteiger partial charge in [0.1, 0.15) is 0 Å². The van der Waals surface area contributed by atoms with Crippen LogP contribution in [0.3, 0.4) is 0 Å².